The van der Waals surface area contributed by atoms with Crippen LogP contribution in [0.5, 0.6) is 0 Å². The lowest BCUT2D eigenvalue weighted by Gasteiger charge is -2.20. The number of aliphatic hydroxyl groups is 3. The van der Waals surface area contributed by atoms with Crippen molar-refractivity contribution in [2.75, 3.05) is 26.4 Å². The molecule has 0 aliphatic heterocycles. The first-order chi connectivity index (χ1) is 26.1. The molecule has 0 saturated heterocycles. The van der Waals surface area contributed by atoms with E-state index in [4.69, 9.17) is 19.1 Å². The van der Waals surface area contributed by atoms with Gasteiger partial charge in [0.25, 0.3) is 0 Å². The fourth-order valence-corrected chi connectivity index (χ4v) is 6.14. The number of esters is 2. The Bertz CT molecular complexity index is 1060. The second-order valence-corrected chi connectivity index (χ2v) is 15.3. The molecular formula is C42H75O11P. The minimum atomic E-state index is -4.64. The fraction of sp³-hybridized carbons (Fsp3) is 0.762. The molecule has 0 bridgehead atoms. The molecule has 11 nitrogen and oxygen atoms in total. The van der Waals surface area contributed by atoms with Crippen LogP contribution in [0, 0.1) is 0 Å². The summed E-state index contributed by atoms with van der Waals surface area (Å²) in [4.78, 5) is 34.9. The molecule has 0 aromatic heterocycles. The molecule has 0 aromatic carbocycles. The maximum absolute atomic E-state index is 12.6. The molecule has 0 fully saturated rings. The van der Waals surface area contributed by atoms with Crippen molar-refractivity contribution >= 4 is 19.8 Å². The van der Waals surface area contributed by atoms with Gasteiger partial charge in [0, 0.05) is 12.8 Å². The number of carbonyl (C=O) groups excluding carboxylic acids is 2. The summed E-state index contributed by atoms with van der Waals surface area (Å²) in [5, 5.41) is 28.4. The molecule has 0 saturated carbocycles. The van der Waals surface area contributed by atoms with E-state index in [1.165, 1.54) is 44.9 Å². The van der Waals surface area contributed by atoms with Crippen LogP contribution in [0.25, 0.3) is 0 Å². The molecule has 0 amide bonds. The van der Waals surface area contributed by atoms with Crippen LogP contribution in [-0.4, -0.2) is 76.9 Å². The van der Waals surface area contributed by atoms with E-state index < -0.39 is 57.9 Å². The van der Waals surface area contributed by atoms with Gasteiger partial charge in [0.15, 0.2) is 6.10 Å². The minimum Gasteiger partial charge on any atom is -0.462 e. The summed E-state index contributed by atoms with van der Waals surface area (Å²) in [5.74, 6) is -1.01. The number of hydrogen-bond donors (Lipinski definition) is 4. The molecule has 0 aliphatic carbocycles. The molecule has 0 spiro atoms. The highest BCUT2D eigenvalue weighted by molar-refractivity contribution is 7.47. The van der Waals surface area contributed by atoms with Gasteiger partial charge in [0.05, 0.1) is 25.9 Å². The minimum absolute atomic E-state index is 0.158. The van der Waals surface area contributed by atoms with Crippen LogP contribution in [0.1, 0.15) is 162 Å². The van der Waals surface area contributed by atoms with Gasteiger partial charge in [-0.05, 0) is 57.8 Å². The maximum Gasteiger partial charge on any atom is 0.472 e. The Kier molecular flexibility index (Phi) is 36.3. The fourth-order valence-electron chi connectivity index (χ4n) is 5.35. The van der Waals surface area contributed by atoms with E-state index in [-0.39, 0.29) is 19.4 Å². The summed E-state index contributed by atoms with van der Waals surface area (Å²) >= 11 is 0. The van der Waals surface area contributed by atoms with Crippen LogP contribution in [0.4, 0.5) is 0 Å². The van der Waals surface area contributed by atoms with Crippen molar-refractivity contribution in [3.05, 3.63) is 48.6 Å². The second kappa shape index (κ2) is 37.8. The predicted molar refractivity (Wildman–Crippen MR) is 216 cm³/mol. The van der Waals surface area contributed by atoms with E-state index in [9.17, 15) is 29.3 Å². The van der Waals surface area contributed by atoms with Crippen molar-refractivity contribution in [1.82, 2.24) is 0 Å². The molecule has 0 aliphatic rings. The largest absolute Gasteiger partial charge is 0.472 e. The highest BCUT2D eigenvalue weighted by Crippen LogP contribution is 2.43. The van der Waals surface area contributed by atoms with Crippen molar-refractivity contribution in [3.63, 3.8) is 0 Å². The van der Waals surface area contributed by atoms with Crippen LogP contribution < -0.4 is 0 Å². The van der Waals surface area contributed by atoms with Crippen LogP contribution in [0.2, 0.25) is 0 Å². The molecule has 0 rings (SSSR count). The third kappa shape index (κ3) is 36.8. The smallest absolute Gasteiger partial charge is 0.462 e. The number of carbonyl (C=O) groups is 2. The summed E-state index contributed by atoms with van der Waals surface area (Å²) in [5.41, 5.74) is 0. The summed E-state index contributed by atoms with van der Waals surface area (Å²) in [6, 6.07) is 0. The summed E-state index contributed by atoms with van der Waals surface area (Å²) in [6.45, 7) is 2.11. The Morgan fingerprint density at radius 1 is 0.648 bits per heavy atom. The van der Waals surface area contributed by atoms with Crippen molar-refractivity contribution in [3.8, 4) is 0 Å². The maximum atomic E-state index is 12.6. The van der Waals surface area contributed by atoms with Gasteiger partial charge in [-0.2, -0.15) is 0 Å². The van der Waals surface area contributed by atoms with Crippen molar-refractivity contribution in [2.24, 2.45) is 0 Å². The monoisotopic (exact) mass is 787 g/mol. The molecule has 0 heterocycles. The average Bonchev–Trinajstić information content (AvgIpc) is 3.15. The third-order valence-electron chi connectivity index (χ3n) is 8.57. The Balaban J connectivity index is 4.42. The van der Waals surface area contributed by atoms with E-state index in [0.717, 1.165) is 70.6 Å². The van der Waals surface area contributed by atoms with Gasteiger partial charge in [-0.15, -0.1) is 0 Å². The van der Waals surface area contributed by atoms with Crippen molar-refractivity contribution in [2.45, 2.75) is 180 Å². The molecular weight excluding hydrogens is 711 g/mol. The van der Waals surface area contributed by atoms with E-state index in [1.807, 2.05) is 18.2 Å². The standard InChI is InChI=1S/C42H75O11P/c1-3-5-7-9-11-12-13-14-15-16-17-18-20-24-29-33-42(47)53-40(37-52-54(48,49)51-35-39(45)34-43)36-50-41(46)32-28-25-21-23-27-31-38(44)30-26-22-19-10-8-6-4-2/h6,8,12-13,19,22,26,30,38-40,43-45H,3-5,7,9-11,14-18,20-21,23-25,27-29,31-37H2,1-2H3,(H,48,49)/b8-6+,13-12-,22-19+,30-26+/t38?,39-,40+/m0/s1. The van der Waals surface area contributed by atoms with Gasteiger partial charge in [0.1, 0.15) is 12.7 Å². The van der Waals surface area contributed by atoms with Crippen molar-refractivity contribution in [1.29, 1.82) is 0 Å². The van der Waals surface area contributed by atoms with E-state index in [1.54, 1.807) is 6.08 Å². The van der Waals surface area contributed by atoms with Gasteiger partial charge in [-0.3, -0.25) is 18.6 Å². The zero-order valence-corrected chi connectivity index (χ0v) is 34.4. The molecule has 54 heavy (non-hydrogen) atoms. The Labute approximate surface area is 326 Å². The summed E-state index contributed by atoms with van der Waals surface area (Å²) < 4.78 is 32.6. The molecule has 2 unspecified atom stereocenters. The first-order valence-corrected chi connectivity index (χ1v) is 22.2. The lowest BCUT2D eigenvalue weighted by Crippen LogP contribution is -2.29. The Morgan fingerprint density at radius 3 is 1.85 bits per heavy atom. The van der Waals surface area contributed by atoms with Gasteiger partial charge in [-0.25, -0.2) is 4.57 Å². The zero-order chi connectivity index (χ0) is 40.0. The highest BCUT2D eigenvalue weighted by atomic mass is 31.2. The number of phosphoric ester groups is 1. The number of hydrogen-bond acceptors (Lipinski definition) is 10. The lowest BCUT2D eigenvalue weighted by molar-refractivity contribution is -0.161. The van der Waals surface area contributed by atoms with Gasteiger partial charge in [-0.1, -0.05) is 140 Å². The first kappa shape index (κ1) is 51.9. The highest BCUT2D eigenvalue weighted by Gasteiger charge is 2.27. The quantitative estimate of drug-likeness (QED) is 0.0155. The SMILES string of the molecule is CC/C=C/C/C=C/C=C/C(O)CCCCCCCC(=O)OC[C@H](COP(=O)(O)OC[C@@H](O)CO)OC(=O)CCCCCCCCC/C=C\CCCCCC. The van der Waals surface area contributed by atoms with Crippen LogP contribution in [0.15, 0.2) is 48.6 Å². The first-order valence-electron chi connectivity index (χ1n) is 20.7. The van der Waals surface area contributed by atoms with E-state index >= 15 is 0 Å². The topological polar surface area (TPSA) is 169 Å². The number of aliphatic hydroxyl groups excluding tert-OH is 3. The van der Waals surface area contributed by atoms with Crippen LogP contribution in [0.3, 0.4) is 0 Å². The van der Waals surface area contributed by atoms with Gasteiger partial charge < -0.3 is 29.7 Å². The lowest BCUT2D eigenvalue weighted by atomic mass is 10.1. The Morgan fingerprint density at radius 2 is 1.22 bits per heavy atom. The van der Waals surface area contributed by atoms with E-state index in [0.29, 0.717) is 19.3 Å². The number of rotatable bonds is 38. The normalized spacial score (nSPS) is 15.0. The number of unbranched alkanes of at least 4 members (excludes halogenated alkanes) is 15. The summed E-state index contributed by atoms with van der Waals surface area (Å²) in [6.07, 6.45) is 35.2. The number of allylic oxidation sites excluding steroid dienone is 7. The molecule has 0 aromatic rings. The molecule has 12 heteroatoms. The number of phosphoric acid groups is 1. The van der Waals surface area contributed by atoms with Gasteiger partial charge in [0.2, 0.25) is 0 Å². The molecule has 4 atom stereocenters. The average molecular weight is 787 g/mol. The zero-order valence-electron chi connectivity index (χ0n) is 33.5. The molecule has 314 valence electrons. The van der Waals surface area contributed by atoms with Gasteiger partial charge >= 0.3 is 19.8 Å². The molecule has 0 radical (unpaired) electrons. The van der Waals surface area contributed by atoms with Crippen molar-refractivity contribution < 1.29 is 52.9 Å². The second-order valence-electron chi connectivity index (χ2n) is 13.8. The third-order valence-corrected chi connectivity index (χ3v) is 9.52. The summed E-state index contributed by atoms with van der Waals surface area (Å²) in [7, 11) is -4.64. The predicted octanol–water partition coefficient (Wildman–Crippen LogP) is 9.53. The molecule has 4 N–H and O–H groups in total. The van der Waals surface area contributed by atoms with Crippen LogP contribution in [-0.2, 0) is 32.7 Å². The van der Waals surface area contributed by atoms with Crippen LogP contribution >= 0.6 is 7.82 Å². The Hall–Kier alpha value is -2.11. The number of ether oxygens (including phenoxy) is 2. The van der Waals surface area contributed by atoms with E-state index in [2.05, 4.69) is 42.7 Å².